The second-order valence-electron chi connectivity index (χ2n) is 4.97. The van der Waals surface area contributed by atoms with Gasteiger partial charge in [-0.15, -0.1) is 0 Å². The summed E-state index contributed by atoms with van der Waals surface area (Å²) in [5.74, 6) is 7.29. The van der Waals surface area contributed by atoms with E-state index in [9.17, 15) is 0 Å². The molecule has 0 spiro atoms. The smallest absolute Gasteiger partial charge is 0.185 e. The van der Waals surface area contributed by atoms with Crippen LogP contribution in [0, 0.1) is 11.8 Å². The Bertz CT molecular complexity index is 906. The van der Waals surface area contributed by atoms with E-state index < -0.39 is 0 Å². The first-order valence-corrected chi connectivity index (χ1v) is 7.70. The van der Waals surface area contributed by atoms with Crippen LogP contribution in [0.3, 0.4) is 0 Å². The molecular formula is C16H15ClN6. The molecule has 0 radical (unpaired) electrons. The van der Waals surface area contributed by atoms with E-state index in [0.29, 0.717) is 39.5 Å². The summed E-state index contributed by atoms with van der Waals surface area (Å²) in [5.41, 5.74) is 7.58. The van der Waals surface area contributed by atoms with Gasteiger partial charge in [0.2, 0.25) is 0 Å². The number of halogens is 1. The van der Waals surface area contributed by atoms with Crippen molar-refractivity contribution < 1.29 is 0 Å². The van der Waals surface area contributed by atoms with Crippen molar-refractivity contribution in [2.24, 2.45) is 0 Å². The molecule has 0 unspecified atom stereocenters. The molecule has 0 aliphatic heterocycles. The van der Waals surface area contributed by atoms with Crippen molar-refractivity contribution in [1.29, 1.82) is 0 Å². The van der Waals surface area contributed by atoms with Crippen LogP contribution in [0.4, 0.5) is 5.82 Å². The van der Waals surface area contributed by atoms with E-state index in [1.165, 1.54) is 0 Å². The van der Waals surface area contributed by atoms with Gasteiger partial charge in [-0.3, -0.25) is 0 Å². The minimum atomic E-state index is 0.306. The highest BCUT2D eigenvalue weighted by Crippen LogP contribution is 2.21. The van der Waals surface area contributed by atoms with Crippen LogP contribution in [0.1, 0.15) is 32.0 Å². The Balaban J connectivity index is 1.99. The van der Waals surface area contributed by atoms with Gasteiger partial charge in [0.05, 0.1) is 0 Å². The molecule has 3 aromatic heterocycles. The van der Waals surface area contributed by atoms with Crippen molar-refractivity contribution in [3.63, 3.8) is 0 Å². The highest BCUT2D eigenvalue weighted by atomic mass is 35.5. The second-order valence-corrected chi connectivity index (χ2v) is 5.35. The number of nitrogens with zero attached hydrogens (tertiary/aromatic N) is 4. The number of nitrogens with one attached hydrogen (secondary N) is 1. The number of hydrogen-bond acceptors (Lipinski definition) is 5. The van der Waals surface area contributed by atoms with E-state index in [0.717, 1.165) is 19.3 Å². The molecule has 6 nitrogen and oxygen atoms in total. The Hall–Kier alpha value is -2.65. The molecule has 3 rings (SSSR count). The van der Waals surface area contributed by atoms with Gasteiger partial charge < -0.3 is 10.7 Å². The Labute approximate surface area is 138 Å². The van der Waals surface area contributed by atoms with Gasteiger partial charge in [0.25, 0.3) is 0 Å². The number of aromatic amines is 1. The molecule has 0 bridgehead atoms. The summed E-state index contributed by atoms with van der Waals surface area (Å²) in [4.78, 5) is 20.2. The Morgan fingerprint density at radius 2 is 2.09 bits per heavy atom. The molecule has 7 heteroatoms. The number of nitrogens with two attached hydrogens (primary N) is 1. The number of imidazole rings is 1. The van der Waals surface area contributed by atoms with Crippen LogP contribution in [-0.2, 0) is 0 Å². The monoisotopic (exact) mass is 326 g/mol. The molecule has 0 aromatic carbocycles. The van der Waals surface area contributed by atoms with Crippen molar-refractivity contribution in [3.05, 3.63) is 29.2 Å². The Morgan fingerprint density at radius 1 is 1.22 bits per heavy atom. The van der Waals surface area contributed by atoms with Crippen LogP contribution in [0.5, 0.6) is 0 Å². The van der Waals surface area contributed by atoms with Crippen LogP contribution in [-0.4, -0.2) is 24.9 Å². The molecule has 3 aromatic rings. The number of aromatic nitrogens is 5. The molecular weight excluding hydrogens is 312 g/mol. The summed E-state index contributed by atoms with van der Waals surface area (Å²) in [6, 6.07) is 5.24. The molecule has 0 aliphatic rings. The fourth-order valence-electron chi connectivity index (χ4n) is 2.04. The average Bonchev–Trinajstić information content (AvgIpc) is 2.95. The molecule has 3 heterocycles. The minimum absolute atomic E-state index is 0.306. The van der Waals surface area contributed by atoms with Crippen LogP contribution in [0.15, 0.2) is 18.2 Å². The Morgan fingerprint density at radius 3 is 2.87 bits per heavy atom. The predicted molar refractivity (Wildman–Crippen MR) is 90.7 cm³/mol. The van der Waals surface area contributed by atoms with E-state index in [2.05, 4.69) is 43.7 Å². The molecule has 0 amide bonds. The van der Waals surface area contributed by atoms with Crippen molar-refractivity contribution >= 4 is 28.6 Å². The lowest BCUT2D eigenvalue weighted by Gasteiger charge is -2.01. The third-order valence-electron chi connectivity index (χ3n) is 3.19. The summed E-state index contributed by atoms with van der Waals surface area (Å²) in [7, 11) is 0. The lowest BCUT2D eigenvalue weighted by Crippen LogP contribution is -1.98. The van der Waals surface area contributed by atoms with Gasteiger partial charge in [-0.1, -0.05) is 36.9 Å². The fourth-order valence-corrected chi connectivity index (χ4v) is 2.20. The summed E-state index contributed by atoms with van der Waals surface area (Å²) in [6.45, 7) is 2.13. The third-order valence-corrected chi connectivity index (χ3v) is 3.40. The van der Waals surface area contributed by atoms with E-state index >= 15 is 0 Å². The van der Waals surface area contributed by atoms with Gasteiger partial charge in [-0.25, -0.2) is 19.9 Å². The molecule has 23 heavy (non-hydrogen) atoms. The zero-order valence-corrected chi connectivity index (χ0v) is 13.4. The fraction of sp³-hybridized carbons (Fsp3) is 0.250. The first-order valence-electron chi connectivity index (χ1n) is 7.32. The van der Waals surface area contributed by atoms with Crippen LogP contribution in [0.2, 0.25) is 5.15 Å². The summed E-state index contributed by atoms with van der Waals surface area (Å²) < 4.78 is 0. The first-order chi connectivity index (χ1) is 11.2. The predicted octanol–water partition coefficient (Wildman–Crippen LogP) is 3.19. The molecule has 0 atom stereocenters. The van der Waals surface area contributed by atoms with Gasteiger partial charge in [-0.2, -0.15) is 0 Å². The largest absolute Gasteiger partial charge is 0.382 e. The molecule has 116 valence electrons. The van der Waals surface area contributed by atoms with Crippen molar-refractivity contribution in [2.75, 3.05) is 5.73 Å². The molecule has 3 N–H and O–H groups in total. The number of pyridine rings is 1. The van der Waals surface area contributed by atoms with E-state index in [1.54, 1.807) is 18.2 Å². The number of fused-ring (bicyclic) bond motifs is 1. The zero-order valence-electron chi connectivity index (χ0n) is 12.6. The average molecular weight is 327 g/mol. The zero-order chi connectivity index (χ0) is 16.2. The highest BCUT2D eigenvalue weighted by molar-refractivity contribution is 6.29. The van der Waals surface area contributed by atoms with Crippen molar-refractivity contribution in [3.8, 4) is 23.4 Å². The number of hydrogen-bond donors (Lipinski definition) is 2. The Kier molecular flexibility index (Phi) is 4.40. The van der Waals surface area contributed by atoms with Crippen LogP contribution >= 0.6 is 11.6 Å². The number of H-pyrrole nitrogens is 1. The lowest BCUT2D eigenvalue weighted by atomic mass is 10.2. The van der Waals surface area contributed by atoms with Crippen molar-refractivity contribution in [1.82, 2.24) is 24.9 Å². The van der Waals surface area contributed by atoms with Gasteiger partial charge in [0.15, 0.2) is 23.1 Å². The normalized spacial score (nSPS) is 10.5. The second kappa shape index (κ2) is 6.63. The highest BCUT2D eigenvalue weighted by Gasteiger charge is 2.12. The minimum Gasteiger partial charge on any atom is -0.382 e. The standard InChI is InChI=1S/C16H15ClN6/c1-2-3-4-5-9-12-20-13-14(18)22-15(23-16(13)21-12)10-7-6-8-11(17)19-10/h6-8H,2-4H2,1H3,(H3,18,20,21,22,23). The maximum atomic E-state index is 5.99. The van der Waals surface area contributed by atoms with Crippen molar-refractivity contribution in [2.45, 2.75) is 26.2 Å². The van der Waals surface area contributed by atoms with Gasteiger partial charge in [-0.05, 0) is 24.5 Å². The quantitative estimate of drug-likeness (QED) is 0.438. The topological polar surface area (TPSA) is 93.4 Å². The maximum Gasteiger partial charge on any atom is 0.185 e. The van der Waals surface area contributed by atoms with Gasteiger partial charge in [0, 0.05) is 6.42 Å². The molecule has 0 fully saturated rings. The lowest BCUT2D eigenvalue weighted by molar-refractivity contribution is 0.828. The number of nitrogen functional groups attached to an aromatic ring is 1. The molecule has 0 aliphatic carbocycles. The van der Waals surface area contributed by atoms with Gasteiger partial charge >= 0.3 is 0 Å². The van der Waals surface area contributed by atoms with Crippen LogP contribution in [0.25, 0.3) is 22.7 Å². The molecule has 0 saturated heterocycles. The summed E-state index contributed by atoms with van der Waals surface area (Å²) in [5, 5.41) is 0.370. The number of anilines is 1. The van der Waals surface area contributed by atoms with Gasteiger partial charge in [0.1, 0.15) is 16.4 Å². The van der Waals surface area contributed by atoms with E-state index in [1.807, 2.05) is 0 Å². The SMILES string of the molecule is CCCCC#Cc1nc2nc(-c3cccc(Cl)n3)nc(N)c2[nH]1. The maximum absolute atomic E-state index is 5.99. The van der Waals surface area contributed by atoms with E-state index in [4.69, 9.17) is 17.3 Å². The summed E-state index contributed by atoms with van der Waals surface area (Å²) in [6.07, 6.45) is 3.02. The first kappa shape index (κ1) is 15.3. The molecule has 0 saturated carbocycles. The number of rotatable bonds is 3. The van der Waals surface area contributed by atoms with E-state index in [-0.39, 0.29) is 0 Å². The third kappa shape index (κ3) is 3.41. The number of unbranched alkanes of at least 4 members (excludes halogenated alkanes) is 2. The summed E-state index contributed by atoms with van der Waals surface area (Å²) >= 11 is 5.90. The van der Waals surface area contributed by atoms with Crippen LogP contribution < -0.4 is 5.73 Å².